The molecule has 0 radical (unpaired) electrons. The molecule has 1 aromatic rings. The number of thiocarbonyl (C=S) groups is 1. The minimum absolute atomic E-state index is 0.0504. The molecule has 0 spiro atoms. The first-order chi connectivity index (χ1) is 6.54. The largest absolute Gasteiger partial charge is 0.366 e. The fourth-order valence-corrected chi connectivity index (χ4v) is 0.940. The molecule has 1 aromatic carbocycles. The molecule has 6 heteroatoms. The molecule has 0 heterocycles. The van der Waals surface area contributed by atoms with E-state index < -0.39 is 23.1 Å². The lowest BCUT2D eigenvalue weighted by molar-refractivity contribution is 0.549. The molecule has 2 N–H and O–H groups in total. The van der Waals surface area contributed by atoms with Gasteiger partial charge in [0.25, 0.3) is 0 Å². The smallest absolute Gasteiger partial charge is 0.170 e. The van der Waals surface area contributed by atoms with Crippen LogP contribution in [-0.4, -0.2) is 12.2 Å². The number of nitrogens with one attached hydrogen (secondary N) is 2. The van der Waals surface area contributed by atoms with Crippen molar-refractivity contribution in [2.75, 3.05) is 12.4 Å². The molecule has 0 aromatic heterocycles. The van der Waals surface area contributed by atoms with E-state index in [9.17, 15) is 13.2 Å². The first-order valence-corrected chi connectivity index (χ1v) is 4.08. The number of hydrogen-bond acceptors (Lipinski definition) is 1. The zero-order chi connectivity index (χ0) is 10.7. The minimum Gasteiger partial charge on any atom is -0.366 e. The summed E-state index contributed by atoms with van der Waals surface area (Å²) >= 11 is 4.64. The second-order valence-electron chi connectivity index (χ2n) is 2.45. The van der Waals surface area contributed by atoms with Crippen molar-refractivity contribution < 1.29 is 13.2 Å². The molecule has 76 valence electrons. The lowest BCUT2D eigenvalue weighted by atomic mass is 10.3. The Hall–Kier alpha value is -1.30. The highest BCUT2D eigenvalue weighted by molar-refractivity contribution is 7.80. The van der Waals surface area contributed by atoms with Gasteiger partial charge in [0.15, 0.2) is 16.7 Å². The third kappa shape index (κ3) is 2.35. The fraction of sp³-hybridized carbons (Fsp3) is 0.125. The maximum absolute atomic E-state index is 13.0. The molecule has 0 aliphatic carbocycles. The van der Waals surface area contributed by atoms with E-state index in [1.165, 1.54) is 7.05 Å². The third-order valence-corrected chi connectivity index (χ3v) is 1.78. The Morgan fingerprint density at radius 2 is 1.71 bits per heavy atom. The Labute approximate surface area is 84.1 Å². The van der Waals surface area contributed by atoms with Crippen molar-refractivity contribution in [3.8, 4) is 0 Å². The Morgan fingerprint density at radius 1 is 1.21 bits per heavy atom. The summed E-state index contributed by atoms with van der Waals surface area (Å²) < 4.78 is 38.4. The number of halogens is 3. The van der Waals surface area contributed by atoms with Gasteiger partial charge in [-0.1, -0.05) is 0 Å². The fourth-order valence-electron chi connectivity index (χ4n) is 0.838. The molecular weight excluding hydrogens is 213 g/mol. The van der Waals surface area contributed by atoms with E-state index in [1.807, 2.05) is 0 Å². The summed E-state index contributed by atoms with van der Waals surface area (Å²) in [5.41, 5.74) is -0.467. The van der Waals surface area contributed by atoms with Crippen molar-refractivity contribution in [1.82, 2.24) is 5.32 Å². The van der Waals surface area contributed by atoms with Crippen molar-refractivity contribution >= 4 is 23.0 Å². The highest BCUT2D eigenvalue weighted by atomic mass is 32.1. The monoisotopic (exact) mass is 220 g/mol. The lowest BCUT2D eigenvalue weighted by Gasteiger charge is -2.08. The quantitative estimate of drug-likeness (QED) is 0.708. The summed E-state index contributed by atoms with van der Waals surface area (Å²) in [4.78, 5) is 0. The second-order valence-corrected chi connectivity index (χ2v) is 2.86. The van der Waals surface area contributed by atoms with Crippen LogP contribution in [0.25, 0.3) is 0 Å². The van der Waals surface area contributed by atoms with Crippen LogP contribution in [0.4, 0.5) is 18.9 Å². The Balaban J connectivity index is 3.02. The normalized spacial score (nSPS) is 9.71. The molecule has 0 aliphatic rings. The first kappa shape index (κ1) is 10.8. The van der Waals surface area contributed by atoms with Crippen LogP contribution >= 0.6 is 12.2 Å². The van der Waals surface area contributed by atoms with E-state index in [1.54, 1.807) is 0 Å². The highest BCUT2D eigenvalue weighted by Gasteiger charge is 2.11. The van der Waals surface area contributed by atoms with Gasteiger partial charge < -0.3 is 10.6 Å². The van der Waals surface area contributed by atoms with Crippen LogP contribution in [0.5, 0.6) is 0 Å². The van der Waals surface area contributed by atoms with Gasteiger partial charge in [-0.25, -0.2) is 13.2 Å². The SMILES string of the molecule is CNC(=S)Nc1c(F)cc(F)cc1F. The molecule has 0 atom stereocenters. The van der Waals surface area contributed by atoms with Gasteiger partial charge in [-0.15, -0.1) is 0 Å². The van der Waals surface area contributed by atoms with Crippen LogP contribution in [0.3, 0.4) is 0 Å². The zero-order valence-electron chi connectivity index (χ0n) is 7.20. The van der Waals surface area contributed by atoms with Crippen LogP contribution in [0.1, 0.15) is 0 Å². The van der Waals surface area contributed by atoms with Gasteiger partial charge in [0.2, 0.25) is 0 Å². The van der Waals surface area contributed by atoms with Gasteiger partial charge in [0.1, 0.15) is 11.5 Å². The molecule has 0 bridgehead atoms. The second kappa shape index (κ2) is 4.28. The predicted octanol–water partition coefficient (Wildman–Crippen LogP) is 2.02. The standard InChI is InChI=1S/C8H7F3N2S/c1-12-8(14)13-7-5(10)2-4(9)3-6(7)11/h2-3H,1H3,(H2,12,13,14). The van der Waals surface area contributed by atoms with Gasteiger partial charge in [0, 0.05) is 19.2 Å². The van der Waals surface area contributed by atoms with E-state index in [2.05, 4.69) is 22.9 Å². The van der Waals surface area contributed by atoms with E-state index in [-0.39, 0.29) is 5.11 Å². The van der Waals surface area contributed by atoms with Crippen molar-refractivity contribution in [1.29, 1.82) is 0 Å². The maximum Gasteiger partial charge on any atom is 0.170 e. The van der Waals surface area contributed by atoms with Crippen molar-refractivity contribution in [2.45, 2.75) is 0 Å². The first-order valence-electron chi connectivity index (χ1n) is 3.68. The number of hydrogen-bond donors (Lipinski definition) is 2. The van der Waals surface area contributed by atoms with E-state index in [4.69, 9.17) is 0 Å². The predicted molar refractivity (Wildman–Crippen MR) is 51.6 cm³/mol. The summed E-state index contributed by atoms with van der Waals surface area (Å²) in [7, 11) is 1.49. The molecule has 0 saturated carbocycles. The lowest BCUT2D eigenvalue weighted by Crippen LogP contribution is -2.25. The summed E-state index contributed by atoms with van der Waals surface area (Å²) in [6, 6.07) is 1.15. The number of rotatable bonds is 1. The number of benzene rings is 1. The van der Waals surface area contributed by atoms with E-state index in [0.717, 1.165) is 0 Å². The summed E-state index contributed by atoms with van der Waals surface area (Å²) in [6.07, 6.45) is 0. The molecule has 0 unspecified atom stereocenters. The molecule has 1 rings (SSSR count). The summed E-state index contributed by atoms with van der Waals surface area (Å²) in [5.74, 6) is -3.03. The van der Waals surface area contributed by atoms with Gasteiger partial charge in [-0.3, -0.25) is 0 Å². The Kier molecular flexibility index (Phi) is 3.29. The molecular formula is C8H7F3N2S. The van der Waals surface area contributed by atoms with E-state index >= 15 is 0 Å². The van der Waals surface area contributed by atoms with Crippen LogP contribution in [-0.2, 0) is 0 Å². The van der Waals surface area contributed by atoms with Crippen LogP contribution in [0, 0.1) is 17.5 Å². The minimum atomic E-state index is -1.03. The Bertz CT molecular complexity index is 345. The van der Waals surface area contributed by atoms with Gasteiger partial charge in [-0.05, 0) is 12.2 Å². The molecule has 0 saturated heterocycles. The Morgan fingerprint density at radius 3 is 2.14 bits per heavy atom. The molecule has 0 fully saturated rings. The maximum atomic E-state index is 13.0. The van der Waals surface area contributed by atoms with Gasteiger partial charge in [-0.2, -0.15) is 0 Å². The average Bonchev–Trinajstić information content (AvgIpc) is 2.10. The topological polar surface area (TPSA) is 24.1 Å². The third-order valence-electron chi connectivity index (χ3n) is 1.47. The summed E-state index contributed by atoms with van der Waals surface area (Å²) in [6.45, 7) is 0. The molecule has 0 amide bonds. The molecule has 0 aliphatic heterocycles. The summed E-state index contributed by atoms with van der Waals surface area (Å²) in [5, 5.41) is 4.79. The van der Waals surface area contributed by atoms with Crippen LogP contribution in [0.2, 0.25) is 0 Å². The van der Waals surface area contributed by atoms with Gasteiger partial charge >= 0.3 is 0 Å². The van der Waals surface area contributed by atoms with Crippen LogP contribution < -0.4 is 10.6 Å². The van der Waals surface area contributed by atoms with E-state index in [0.29, 0.717) is 12.1 Å². The van der Waals surface area contributed by atoms with Crippen molar-refractivity contribution in [3.05, 3.63) is 29.6 Å². The molecule has 14 heavy (non-hydrogen) atoms. The number of anilines is 1. The van der Waals surface area contributed by atoms with Crippen molar-refractivity contribution in [3.63, 3.8) is 0 Å². The van der Waals surface area contributed by atoms with Crippen LogP contribution in [0.15, 0.2) is 12.1 Å². The molecule has 2 nitrogen and oxygen atoms in total. The highest BCUT2D eigenvalue weighted by Crippen LogP contribution is 2.19. The van der Waals surface area contributed by atoms with Gasteiger partial charge in [0.05, 0.1) is 0 Å². The average molecular weight is 220 g/mol. The zero-order valence-corrected chi connectivity index (χ0v) is 8.01. The van der Waals surface area contributed by atoms with Crippen molar-refractivity contribution in [2.24, 2.45) is 0 Å².